The lowest BCUT2D eigenvalue weighted by atomic mass is 9.95. The first-order valence-corrected chi connectivity index (χ1v) is 8.56. The number of carbonyl (C=O) groups is 1. The molecular formula is C14H15N3OS2. The summed E-state index contributed by atoms with van der Waals surface area (Å²) in [6, 6.07) is 5.40. The van der Waals surface area contributed by atoms with Crippen molar-refractivity contribution < 1.29 is 4.79 Å². The number of hydrogen-bond donors (Lipinski definition) is 2. The number of aromatic nitrogens is 1. The molecule has 4 nitrogen and oxygen atoms in total. The van der Waals surface area contributed by atoms with Gasteiger partial charge in [-0.05, 0) is 30.7 Å². The largest absolute Gasteiger partial charge is 0.346 e. The summed E-state index contributed by atoms with van der Waals surface area (Å²) < 4.78 is 0. The van der Waals surface area contributed by atoms with Crippen LogP contribution in [0.15, 0.2) is 23.7 Å². The lowest BCUT2D eigenvalue weighted by molar-refractivity contribution is 0.0930. The third kappa shape index (κ3) is 2.17. The number of fused-ring (bicyclic) bond motifs is 2. The molecule has 2 saturated heterocycles. The van der Waals surface area contributed by atoms with E-state index in [-0.39, 0.29) is 11.9 Å². The predicted octanol–water partition coefficient (Wildman–Crippen LogP) is 2.49. The maximum Gasteiger partial charge on any atom is 0.280 e. The molecule has 0 spiro atoms. The Morgan fingerprint density at radius 1 is 1.40 bits per heavy atom. The molecule has 2 aromatic heterocycles. The molecule has 0 saturated carbocycles. The Morgan fingerprint density at radius 2 is 2.35 bits per heavy atom. The fourth-order valence-electron chi connectivity index (χ4n) is 3.13. The second-order valence-electron chi connectivity index (χ2n) is 5.37. The quantitative estimate of drug-likeness (QED) is 0.916. The van der Waals surface area contributed by atoms with Crippen LogP contribution in [0, 0.1) is 0 Å². The van der Waals surface area contributed by atoms with Crippen LogP contribution in [-0.2, 0) is 0 Å². The maximum atomic E-state index is 12.3. The number of hydrogen-bond acceptors (Lipinski definition) is 5. The van der Waals surface area contributed by atoms with Crippen LogP contribution in [0.1, 0.15) is 29.1 Å². The first-order valence-electron chi connectivity index (χ1n) is 6.86. The molecule has 6 heteroatoms. The van der Waals surface area contributed by atoms with Gasteiger partial charge in [-0.1, -0.05) is 6.07 Å². The zero-order chi connectivity index (χ0) is 13.5. The number of nitrogens with one attached hydrogen (secondary N) is 2. The maximum absolute atomic E-state index is 12.3. The minimum absolute atomic E-state index is 0.0304. The second kappa shape index (κ2) is 4.95. The van der Waals surface area contributed by atoms with Gasteiger partial charge in [0.25, 0.3) is 5.91 Å². The van der Waals surface area contributed by atoms with Gasteiger partial charge in [0.05, 0.1) is 4.88 Å². The lowest BCUT2D eigenvalue weighted by Gasteiger charge is -2.20. The van der Waals surface area contributed by atoms with Crippen LogP contribution in [-0.4, -0.2) is 29.0 Å². The fourth-order valence-corrected chi connectivity index (χ4v) is 4.76. The molecule has 0 aromatic carbocycles. The molecule has 20 heavy (non-hydrogen) atoms. The third-order valence-electron chi connectivity index (χ3n) is 4.08. The Kier molecular flexibility index (Phi) is 3.09. The molecule has 2 N–H and O–H groups in total. The predicted molar refractivity (Wildman–Crippen MR) is 81.2 cm³/mol. The highest BCUT2D eigenvalue weighted by atomic mass is 32.1. The van der Waals surface area contributed by atoms with Crippen molar-refractivity contribution >= 4 is 28.6 Å². The normalized spacial score (nSPS) is 27.9. The van der Waals surface area contributed by atoms with Gasteiger partial charge in [-0.2, -0.15) is 0 Å². The lowest BCUT2D eigenvalue weighted by Crippen LogP contribution is -2.42. The van der Waals surface area contributed by atoms with Gasteiger partial charge < -0.3 is 10.6 Å². The van der Waals surface area contributed by atoms with Gasteiger partial charge in [0.15, 0.2) is 5.01 Å². The van der Waals surface area contributed by atoms with Gasteiger partial charge in [-0.15, -0.1) is 22.7 Å². The van der Waals surface area contributed by atoms with E-state index in [1.165, 1.54) is 29.1 Å². The van der Waals surface area contributed by atoms with Gasteiger partial charge in [0.1, 0.15) is 0 Å². The van der Waals surface area contributed by atoms with Crippen LogP contribution >= 0.6 is 22.7 Å². The smallest absolute Gasteiger partial charge is 0.280 e. The van der Waals surface area contributed by atoms with Crippen molar-refractivity contribution in [3.63, 3.8) is 0 Å². The van der Waals surface area contributed by atoms with Crippen molar-refractivity contribution in [1.29, 1.82) is 0 Å². The van der Waals surface area contributed by atoms with Crippen molar-refractivity contribution in [2.24, 2.45) is 0 Å². The van der Waals surface area contributed by atoms with Crippen LogP contribution in [0.2, 0.25) is 0 Å². The van der Waals surface area contributed by atoms with Crippen molar-refractivity contribution in [1.82, 2.24) is 15.6 Å². The van der Waals surface area contributed by atoms with Crippen molar-refractivity contribution in [3.05, 3.63) is 28.7 Å². The zero-order valence-electron chi connectivity index (χ0n) is 10.8. The molecule has 4 heterocycles. The van der Waals surface area contributed by atoms with Crippen molar-refractivity contribution in [3.8, 4) is 9.75 Å². The molecule has 3 atom stereocenters. The van der Waals surface area contributed by atoms with Crippen LogP contribution in [0.3, 0.4) is 0 Å². The monoisotopic (exact) mass is 305 g/mol. The highest BCUT2D eigenvalue weighted by molar-refractivity contribution is 7.22. The van der Waals surface area contributed by atoms with E-state index < -0.39 is 0 Å². The molecule has 2 aliphatic heterocycles. The van der Waals surface area contributed by atoms with Gasteiger partial charge in [0.2, 0.25) is 0 Å². The molecule has 2 bridgehead atoms. The molecule has 4 rings (SSSR count). The van der Waals surface area contributed by atoms with Crippen LogP contribution in [0.5, 0.6) is 0 Å². The average Bonchev–Trinajstić information content (AvgIpc) is 3.21. The Labute approximate surface area is 125 Å². The fraction of sp³-hybridized carbons (Fsp3) is 0.429. The highest BCUT2D eigenvalue weighted by Gasteiger charge is 2.39. The number of carbonyl (C=O) groups excluding carboxylic acids is 1. The van der Waals surface area contributed by atoms with Crippen LogP contribution in [0.4, 0.5) is 0 Å². The average molecular weight is 305 g/mol. The molecule has 2 aliphatic rings. The second-order valence-corrected chi connectivity index (χ2v) is 7.35. The van der Waals surface area contributed by atoms with E-state index in [0.29, 0.717) is 17.1 Å². The van der Waals surface area contributed by atoms with E-state index in [1.54, 1.807) is 17.5 Å². The molecule has 1 amide bonds. The van der Waals surface area contributed by atoms with Gasteiger partial charge >= 0.3 is 0 Å². The Morgan fingerprint density at radius 3 is 3.05 bits per heavy atom. The number of amides is 1. The van der Waals surface area contributed by atoms with Crippen LogP contribution < -0.4 is 10.6 Å². The summed E-state index contributed by atoms with van der Waals surface area (Å²) in [6.45, 7) is 0. The number of nitrogens with zero attached hydrogens (tertiary/aromatic N) is 1. The van der Waals surface area contributed by atoms with Gasteiger partial charge in [-0.3, -0.25) is 4.79 Å². The molecule has 2 fully saturated rings. The van der Waals surface area contributed by atoms with E-state index >= 15 is 0 Å². The zero-order valence-corrected chi connectivity index (χ0v) is 12.5. The summed E-state index contributed by atoms with van der Waals surface area (Å²) in [5.74, 6) is -0.0304. The summed E-state index contributed by atoms with van der Waals surface area (Å²) in [7, 11) is 0. The minimum atomic E-state index is -0.0304. The third-order valence-corrected chi connectivity index (χ3v) is 6.14. The summed E-state index contributed by atoms with van der Waals surface area (Å²) in [4.78, 5) is 18.8. The molecule has 0 radical (unpaired) electrons. The van der Waals surface area contributed by atoms with E-state index in [1.807, 2.05) is 11.4 Å². The number of thiophene rings is 1. The summed E-state index contributed by atoms with van der Waals surface area (Å²) in [6.07, 6.45) is 5.27. The summed E-state index contributed by atoms with van der Waals surface area (Å²) >= 11 is 3.14. The molecule has 3 unspecified atom stereocenters. The standard InChI is InChI=1S/C14H15N3OS2/c18-13(17-10-6-8-3-4-9(10)16-8)14-15-7-12(20-14)11-2-1-5-19-11/h1-2,5,7-10,16H,3-4,6H2,(H,17,18). The molecular weight excluding hydrogens is 290 g/mol. The number of rotatable bonds is 3. The Bertz CT molecular complexity index is 622. The van der Waals surface area contributed by atoms with Crippen molar-refractivity contribution in [2.45, 2.75) is 37.4 Å². The Balaban J connectivity index is 1.46. The SMILES string of the molecule is O=C(NC1CC2CCC1N2)c1ncc(-c2cccs2)s1. The van der Waals surface area contributed by atoms with E-state index in [9.17, 15) is 4.79 Å². The Hall–Kier alpha value is -1.24. The molecule has 2 aromatic rings. The summed E-state index contributed by atoms with van der Waals surface area (Å²) in [5, 5.41) is 9.27. The summed E-state index contributed by atoms with van der Waals surface area (Å²) in [5.41, 5.74) is 0. The topological polar surface area (TPSA) is 54.0 Å². The van der Waals surface area contributed by atoms with E-state index in [2.05, 4.69) is 21.7 Å². The first-order chi connectivity index (χ1) is 9.79. The first kappa shape index (κ1) is 12.5. The minimum Gasteiger partial charge on any atom is -0.346 e. The van der Waals surface area contributed by atoms with E-state index in [0.717, 1.165) is 11.3 Å². The van der Waals surface area contributed by atoms with Gasteiger partial charge in [0, 0.05) is 29.2 Å². The van der Waals surface area contributed by atoms with Gasteiger partial charge in [-0.25, -0.2) is 4.98 Å². The molecule has 104 valence electrons. The van der Waals surface area contributed by atoms with Crippen molar-refractivity contribution in [2.75, 3.05) is 0 Å². The van der Waals surface area contributed by atoms with Crippen LogP contribution in [0.25, 0.3) is 9.75 Å². The highest BCUT2D eigenvalue weighted by Crippen LogP contribution is 2.31. The molecule has 0 aliphatic carbocycles. The number of thiazole rings is 1. The van der Waals surface area contributed by atoms with E-state index in [4.69, 9.17) is 0 Å².